The summed E-state index contributed by atoms with van der Waals surface area (Å²) in [6, 6.07) is 17.1. The van der Waals surface area contributed by atoms with Gasteiger partial charge in [0.05, 0.1) is 0 Å². The van der Waals surface area contributed by atoms with Crippen LogP contribution in [0.25, 0.3) is 0 Å². The topological polar surface area (TPSA) is 29.3 Å². The molecule has 0 saturated heterocycles. The summed E-state index contributed by atoms with van der Waals surface area (Å²) in [5.74, 6) is 0. The molecular weight excluding hydrogens is 208 g/mol. The fourth-order valence-electron chi connectivity index (χ4n) is 2.40. The fourth-order valence-corrected chi connectivity index (χ4v) is 2.40. The smallest absolute Gasteiger partial charge is 0.0436 e. The highest BCUT2D eigenvalue weighted by Crippen LogP contribution is 2.28. The second-order valence-electron chi connectivity index (χ2n) is 4.50. The van der Waals surface area contributed by atoms with E-state index in [1.165, 1.54) is 22.4 Å². The van der Waals surface area contributed by atoms with Gasteiger partial charge in [-0.2, -0.15) is 0 Å². The molecule has 0 saturated carbocycles. The second-order valence-corrected chi connectivity index (χ2v) is 4.50. The van der Waals surface area contributed by atoms with Gasteiger partial charge in [0.1, 0.15) is 0 Å². The van der Waals surface area contributed by atoms with Gasteiger partial charge in [0.2, 0.25) is 0 Å². The van der Waals surface area contributed by atoms with E-state index in [2.05, 4.69) is 53.4 Å². The molecule has 2 N–H and O–H groups in total. The molecule has 17 heavy (non-hydrogen) atoms. The lowest BCUT2D eigenvalue weighted by Gasteiger charge is -2.18. The normalized spacial score (nSPS) is 13.8. The van der Waals surface area contributed by atoms with Gasteiger partial charge < -0.3 is 10.6 Å². The van der Waals surface area contributed by atoms with Gasteiger partial charge in [-0.05, 0) is 28.8 Å². The molecule has 0 amide bonds. The molecule has 0 aliphatic carbocycles. The number of nitrogens with two attached hydrogens (primary N) is 1. The van der Waals surface area contributed by atoms with E-state index in [1.54, 1.807) is 0 Å². The SMILES string of the molecule is NCc1cccc(N2Cc3ccccc3C2)c1. The Balaban J connectivity index is 1.88. The van der Waals surface area contributed by atoms with Crippen molar-refractivity contribution in [3.63, 3.8) is 0 Å². The molecule has 0 bridgehead atoms. The van der Waals surface area contributed by atoms with Crippen molar-refractivity contribution in [2.24, 2.45) is 5.73 Å². The number of hydrogen-bond acceptors (Lipinski definition) is 2. The van der Waals surface area contributed by atoms with Crippen LogP contribution in [-0.4, -0.2) is 0 Å². The van der Waals surface area contributed by atoms with Gasteiger partial charge in [0, 0.05) is 25.3 Å². The average Bonchev–Trinajstić information content (AvgIpc) is 2.82. The lowest BCUT2D eigenvalue weighted by atomic mass is 10.1. The van der Waals surface area contributed by atoms with Gasteiger partial charge in [-0.15, -0.1) is 0 Å². The van der Waals surface area contributed by atoms with Crippen LogP contribution >= 0.6 is 0 Å². The molecular formula is C15H16N2. The van der Waals surface area contributed by atoms with E-state index in [0.29, 0.717) is 6.54 Å². The van der Waals surface area contributed by atoms with Gasteiger partial charge in [-0.25, -0.2) is 0 Å². The second kappa shape index (κ2) is 4.22. The molecule has 0 atom stereocenters. The van der Waals surface area contributed by atoms with Gasteiger partial charge in [-0.1, -0.05) is 36.4 Å². The van der Waals surface area contributed by atoms with E-state index in [0.717, 1.165) is 13.1 Å². The summed E-state index contributed by atoms with van der Waals surface area (Å²) in [6.07, 6.45) is 0. The number of rotatable bonds is 2. The minimum Gasteiger partial charge on any atom is -0.363 e. The average molecular weight is 224 g/mol. The van der Waals surface area contributed by atoms with Crippen molar-refractivity contribution in [2.75, 3.05) is 4.90 Å². The first-order chi connectivity index (χ1) is 8.36. The quantitative estimate of drug-likeness (QED) is 0.849. The van der Waals surface area contributed by atoms with Gasteiger partial charge in [0.25, 0.3) is 0 Å². The van der Waals surface area contributed by atoms with Crippen LogP contribution in [0.15, 0.2) is 48.5 Å². The molecule has 2 aromatic rings. The van der Waals surface area contributed by atoms with Crippen LogP contribution in [0.4, 0.5) is 5.69 Å². The van der Waals surface area contributed by atoms with E-state index >= 15 is 0 Å². The van der Waals surface area contributed by atoms with E-state index in [-0.39, 0.29) is 0 Å². The van der Waals surface area contributed by atoms with Crippen LogP contribution in [0.1, 0.15) is 16.7 Å². The molecule has 1 aliphatic rings. The van der Waals surface area contributed by atoms with Crippen LogP contribution in [0, 0.1) is 0 Å². The Hall–Kier alpha value is -1.80. The van der Waals surface area contributed by atoms with Crippen LogP contribution in [0.5, 0.6) is 0 Å². The van der Waals surface area contributed by atoms with Crippen molar-refractivity contribution < 1.29 is 0 Å². The molecule has 0 unspecified atom stereocenters. The molecule has 2 nitrogen and oxygen atoms in total. The number of benzene rings is 2. The Morgan fingerprint density at radius 2 is 1.65 bits per heavy atom. The lowest BCUT2D eigenvalue weighted by Crippen LogP contribution is -2.14. The van der Waals surface area contributed by atoms with Crippen molar-refractivity contribution in [1.82, 2.24) is 0 Å². The van der Waals surface area contributed by atoms with Gasteiger partial charge >= 0.3 is 0 Å². The molecule has 0 spiro atoms. The number of hydrogen-bond donors (Lipinski definition) is 1. The summed E-state index contributed by atoms with van der Waals surface area (Å²) in [7, 11) is 0. The summed E-state index contributed by atoms with van der Waals surface area (Å²) in [5, 5.41) is 0. The predicted octanol–water partition coefficient (Wildman–Crippen LogP) is 2.67. The van der Waals surface area contributed by atoms with Crippen LogP contribution in [0.3, 0.4) is 0 Å². The Morgan fingerprint density at radius 1 is 0.941 bits per heavy atom. The maximum Gasteiger partial charge on any atom is 0.0436 e. The molecule has 1 heterocycles. The molecule has 2 aromatic carbocycles. The molecule has 3 rings (SSSR count). The van der Waals surface area contributed by atoms with Gasteiger partial charge in [0.15, 0.2) is 0 Å². The molecule has 1 aliphatic heterocycles. The van der Waals surface area contributed by atoms with Crippen molar-refractivity contribution in [3.05, 3.63) is 65.2 Å². The summed E-state index contributed by atoms with van der Waals surface area (Å²) in [6.45, 7) is 2.61. The highest BCUT2D eigenvalue weighted by Gasteiger charge is 2.18. The minimum atomic E-state index is 0.606. The van der Waals surface area contributed by atoms with Crippen molar-refractivity contribution in [1.29, 1.82) is 0 Å². The molecule has 2 heteroatoms. The maximum atomic E-state index is 5.68. The summed E-state index contributed by atoms with van der Waals surface area (Å²) in [4.78, 5) is 2.39. The highest BCUT2D eigenvalue weighted by atomic mass is 15.1. The van der Waals surface area contributed by atoms with Crippen LogP contribution < -0.4 is 10.6 Å². The lowest BCUT2D eigenvalue weighted by molar-refractivity contribution is 0.877. The fraction of sp³-hybridized carbons (Fsp3) is 0.200. The summed E-state index contributed by atoms with van der Waals surface area (Å²) >= 11 is 0. The van der Waals surface area contributed by atoms with E-state index in [1.807, 2.05) is 0 Å². The first-order valence-corrected chi connectivity index (χ1v) is 5.97. The largest absolute Gasteiger partial charge is 0.363 e. The Kier molecular flexibility index (Phi) is 2.57. The third-order valence-corrected chi connectivity index (χ3v) is 3.35. The van der Waals surface area contributed by atoms with E-state index < -0.39 is 0 Å². The first kappa shape index (κ1) is 10.4. The first-order valence-electron chi connectivity index (χ1n) is 5.97. The highest BCUT2D eigenvalue weighted by molar-refractivity contribution is 5.53. The van der Waals surface area contributed by atoms with Crippen molar-refractivity contribution >= 4 is 5.69 Å². The molecule has 0 aromatic heterocycles. The number of anilines is 1. The monoisotopic (exact) mass is 224 g/mol. The van der Waals surface area contributed by atoms with Crippen LogP contribution in [0.2, 0.25) is 0 Å². The minimum absolute atomic E-state index is 0.606. The van der Waals surface area contributed by atoms with E-state index in [4.69, 9.17) is 5.73 Å². The third-order valence-electron chi connectivity index (χ3n) is 3.35. The zero-order valence-electron chi connectivity index (χ0n) is 9.76. The maximum absolute atomic E-state index is 5.68. The standard InChI is InChI=1S/C15H16N2/c16-9-12-4-3-7-15(8-12)17-10-13-5-1-2-6-14(13)11-17/h1-8H,9-11,16H2. The van der Waals surface area contributed by atoms with Crippen LogP contribution in [-0.2, 0) is 19.6 Å². The third kappa shape index (κ3) is 1.92. The zero-order valence-corrected chi connectivity index (χ0v) is 9.76. The van der Waals surface area contributed by atoms with Crippen molar-refractivity contribution in [3.8, 4) is 0 Å². The summed E-state index contributed by atoms with van der Waals surface area (Å²) < 4.78 is 0. The Morgan fingerprint density at radius 3 is 2.29 bits per heavy atom. The molecule has 0 fully saturated rings. The van der Waals surface area contributed by atoms with Crippen molar-refractivity contribution in [2.45, 2.75) is 19.6 Å². The zero-order chi connectivity index (χ0) is 11.7. The number of nitrogens with zero attached hydrogens (tertiary/aromatic N) is 1. The summed E-state index contributed by atoms with van der Waals surface area (Å²) in [5.41, 5.74) is 11.0. The van der Waals surface area contributed by atoms with E-state index in [9.17, 15) is 0 Å². The molecule has 0 radical (unpaired) electrons. The Labute approximate surface area is 102 Å². The molecule has 86 valence electrons. The van der Waals surface area contributed by atoms with Gasteiger partial charge in [-0.3, -0.25) is 0 Å². The predicted molar refractivity (Wildman–Crippen MR) is 70.7 cm³/mol. The number of fused-ring (bicyclic) bond motifs is 1. The Bertz CT molecular complexity index is 509.